The molecule has 3 N–H and O–H groups in total. The molecule has 13 heteroatoms. The summed E-state index contributed by atoms with van der Waals surface area (Å²) in [5, 5.41) is 2.52. The van der Waals surface area contributed by atoms with Crippen LogP contribution in [0.4, 0.5) is 22.0 Å². The van der Waals surface area contributed by atoms with Crippen LogP contribution in [0.5, 0.6) is 5.75 Å². The van der Waals surface area contributed by atoms with Gasteiger partial charge in [0, 0.05) is 11.8 Å². The Labute approximate surface area is 211 Å². The summed E-state index contributed by atoms with van der Waals surface area (Å²) in [6.45, 7) is -0.356. The molecule has 4 aromatic rings. The Hall–Kier alpha value is -4.81. The average molecular weight is 532 g/mol. The number of pyridine rings is 1. The first-order valence-corrected chi connectivity index (χ1v) is 10.8. The maximum absolute atomic E-state index is 14.8. The SMILES string of the molecule is NC(=O)c1c(F)ccc(OC(CNC(=O)c2ccccn2)c2nc(-c3ccc(C(F)(F)F)cc3)co2)c1F. The third-order valence-corrected chi connectivity index (χ3v) is 5.22. The largest absolute Gasteiger partial charge is 0.476 e. The molecule has 0 saturated heterocycles. The summed E-state index contributed by atoms with van der Waals surface area (Å²) >= 11 is 0. The van der Waals surface area contributed by atoms with Gasteiger partial charge >= 0.3 is 6.18 Å². The van der Waals surface area contributed by atoms with E-state index in [2.05, 4.69) is 15.3 Å². The zero-order chi connectivity index (χ0) is 27.4. The van der Waals surface area contributed by atoms with Crippen LogP contribution in [-0.4, -0.2) is 28.3 Å². The summed E-state index contributed by atoms with van der Waals surface area (Å²) < 4.78 is 78.4. The second kappa shape index (κ2) is 10.7. The number of nitrogens with one attached hydrogen (secondary N) is 1. The van der Waals surface area contributed by atoms with E-state index in [1.54, 1.807) is 12.1 Å². The van der Waals surface area contributed by atoms with Crippen LogP contribution in [0, 0.1) is 11.6 Å². The Balaban J connectivity index is 1.63. The van der Waals surface area contributed by atoms with Crippen LogP contribution in [0.2, 0.25) is 0 Å². The molecule has 8 nitrogen and oxygen atoms in total. The zero-order valence-electron chi connectivity index (χ0n) is 19.1. The summed E-state index contributed by atoms with van der Waals surface area (Å²) in [7, 11) is 0. The van der Waals surface area contributed by atoms with Crippen molar-refractivity contribution in [2.45, 2.75) is 12.3 Å². The molecule has 0 bridgehead atoms. The summed E-state index contributed by atoms with van der Waals surface area (Å²) in [4.78, 5) is 32.1. The fourth-order valence-corrected chi connectivity index (χ4v) is 3.35. The van der Waals surface area contributed by atoms with Crippen molar-refractivity contribution in [1.29, 1.82) is 0 Å². The molecule has 2 heterocycles. The molecule has 2 aromatic carbocycles. The predicted octanol–water partition coefficient (Wildman–Crippen LogP) is 4.68. The number of ether oxygens (including phenoxy) is 1. The number of halogens is 5. The standard InChI is InChI=1S/C25H17F5N4O4/c26-15-8-9-18(21(27)20(15)22(31)35)38-19(11-33-23(36)16-3-1-2-10-32-16)24-34-17(12-37-24)13-4-6-14(7-5-13)25(28,29)30/h1-10,12,19H,11H2,(H2,31,35)(H,33,36). The second-order valence-corrected chi connectivity index (χ2v) is 7.78. The van der Waals surface area contributed by atoms with Crippen LogP contribution in [0.3, 0.4) is 0 Å². The lowest BCUT2D eigenvalue weighted by Gasteiger charge is -2.18. The Kier molecular flexibility index (Phi) is 7.37. The number of carbonyl (C=O) groups excluding carboxylic acids is 2. The smallest absolute Gasteiger partial charge is 0.416 e. The first kappa shape index (κ1) is 26.3. The topological polar surface area (TPSA) is 120 Å². The van der Waals surface area contributed by atoms with Crippen molar-refractivity contribution >= 4 is 11.8 Å². The molecule has 38 heavy (non-hydrogen) atoms. The molecule has 0 radical (unpaired) electrons. The highest BCUT2D eigenvalue weighted by Crippen LogP contribution is 2.32. The van der Waals surface area contributed by atoms with Crippen LogP contribution in [0.15, 0.2) is 71.5 Å². The van der Waals surface area contributed by atoms with Gasteiger partial charge in [0.15, 0.2) is 17.7 Å². The Morgan fingerprint density at radius 2 is 1.79 bits per heavy atom. The van der Waals surface area contributed by atoms with Gasteiger partial charge in [-0.3, -0.25) is 14.6 Å². The quantitative estimate of drug-likeness (QED) is 0.318. The highest BCUT2D eigenvalue weighted by Gasteiger charge is 2.30. The van der Waals surface area contributed by atoms with Crippen molar-refractivity contribution in [2.75, 3.05) is 6.54 Å². The zero-order valence-corrected chi connectivity index (χ0v) is 19.1. The van der Waals surface area contributed by atoms with E-state index in [0.29, 0.717) is 0 Å². The number of nitrogens with two attached hydrogens (primary N) is 1. The Morgan fingerprint density at radius 3 is 2.42 bits per heavy atom. The van der Waals surface area contributed by atoms with Crippen molar-refractivity contribution < 1.29 is 40.7 Å². The van der Waals surface area contributed by atoms with Gasteiger partial charge < -0.3 is 20.2 Å². The molecule has 2 amide bonds. The minimum Gasteiger partial charge on any atom is -0.476 e. The lowest BCUT2D eigenvalue weighted by atomic mass is 10.1. The molecule has 1 atom stereocenters. The molecule has 0 fully saturated rings. The summed E-state index contributed by atoms with van der Waals surface area (Å²) in [6, 6.07) is 10.4. The Morgan fingerprint density at radius 1 is 1.05 bits per heavy atom. The van der Waals surface area contributed by atoms with Crippen molar-refractivity contribution in [3.05, 3.63) is 101 Å². The number of oxazole rings is 1. The molecule has 0 aliphatic heterocycles. The number of primary amides is 1. The third-order valence-electron chi connectivity index (χ3n) is 5.22. The number of alkyl halides is 3. The summed E-state index contributed by atoms with van der Waals surface area (Å²) in [5.74, 6) is -5.37. The molecule has 4 rings (SSSR count). The van der Waals surface area contributed by atoms with E-state index in [4.69, 9.17) is 14.9 Å². The molecule has 0 aliphatic rings. The summed E-state index contributed by atoms with van der Waals surface area (Å²) in [5.41, 5.74) is 3.62. The van der Waals surface area contributed by atoms with Crippen molar-refractivity contribution in [2.24, 2.45) is 5.73 Å². The van der Waals surface area contributed by atoms with Crippen LogP contribution >= 0.6 is 0 Å². The van der Waals surface area contributed by atoms with E-state index in [-0.39, 0.29) is 29.4 Å². The fourth-order valence-electron chi connectivity index (χ4n) is 3.35. The molecule has 0 aliphatic carbocycles. The maximum atomic E-state index is 14.8. The first-order chi connectivity index (χ1) is 18.0. The molecular formula is C25H17F5N4O4. The predicted molar refractivity (Wildman–Crippen MR) is 122 cm³/mol. The number of aromatic nitrogens is 2. The van der Waals surface area contributed by atoms with Crippen LogP contribution in [0.1, 0.15) is 38.4 Å². The number of rotatable bonds is 8. The second-order valence-electron chi connectivity index (χ2n) is 7.78. The minimum atomic E-state index is -4.53. The molecule has 1 unspecified atom stereocenters. The van der Waals surface area contributed by atoms with Gasteiger partial charge in [-0.2, -0.15) is 13.2 Å². The van der Waals surface area contributed by atoms with Gasteiger partial charge in [-0.15, -0.1) is 0 Å². The van der Waals surface area contributed by atoms with Gasteiger partial charge in [0.05, 0.1) is 12.1 Å². The highest BCUT2D eigenvalue weighted by molar-refractivity contribution is 5.94. The molecule has 0 saturated carbocycles. The normalized spacial score (nSPS) is 12.1. The monoisotopic (exact) mass is 532 g/mol. The first-order valence-electron chi connectivity index (χ1n) is 10.8. The van der Waals surface area contributed by atoms with Crippen LogP contribution in [0.25, 0.3) is 11.3 Å². The van der Waals surface area contributed by atoms with Gasteiger partial charge in [-0.25, -0.2) is 13.8 Å². The lowest BCUT2D eigenvalue weighted by molar-refractivity contribution is -0.137. The van der Waals surface area contributed by atoms with Gasteiger partial charge in [0.1, 0.15) is 29.0 Å². The number of hydrogen-bond acceptors (Lipinski definition) is 6. The highest BCUT2D eigenvalue weighted by atomic mass is 19.4. The molecule has 196 valence electrons. The van der Waals surface area contributed by atoms with Gasteiger partial charge in [0.2, 0.25) is 5.89 Å². The third kappa shape index (κ3) is 5.77. The molecular weight excluding hydrogens is 515 g/mol. The Bertz CT molecular complexity index is 1460. The van der Waals surface area contributed by atoms with Crippen LogP contribution in [-0.2, 0) is 6.18 Å². The van der Waals surface area contributed by atoms with Gasteiger partial charge in [-0.05, 0) is 36.4 Å². The van der Waals surface area contributed by atoms with E-state index >= 15 is 0 Å². The van der Waals surface area contributed by atoms with E-state index in [1.807, 2.05) is 0 Å². The van der Waals surface area contributed by atoms with E-state index in [0.717, 1.165) is 30.5 Å². The summed E-state index contributed by atoms with van der Waals surface area (Å²) in [6.07, 6.45) is -3.33. The van der Waals surface area contributed by atoms with E-state index < -0.39 is 52.6 Å². The van der Waals surface area contributed by atoms with Crippen molar-refractivity contribution in [3.8, 4) is 17.0 Å². The number of amides is 2. The number of carbonyl (C=O) groups is 2. The fraction of sp³-hybridized carbons (Fsp3) is 0.120. The van der Waals surface area contributed by atoms with Crippen molar-refractivity contribution in [1.82, 2.24) is 15.3 Å². The average Bonchev–Trinajstić information content (AvgIpc) is 3.38. The maximum Gasteiger partial charge on any atom is 0.416 e. The molecule has 0 spiro atoms. The number of hydrogen-bond donors (Lipinski definition) is 2. The van der Waals surface area contributed by atoms with Gasteiger partial charge in [0.25, 0.3) is 11.8 Å². The molecule has 2 aromatic heterocycles. The lowest BCUT2D eigenvalue weighted by Crippen LogP contribution is -2.31. The minimum absolute atomic E-state index is 0.0630. The van der Waals surface area contributed by atoms with E-state index in [1.165, 1.54) is 24.4 Å². The van der Waals surface area contributed by atoms with Crippen LogP contribution < -0.4 is 15.8 Å². The van der Waals surface area contributed by atoms with Gasteiger partial charge in [-0.1, -0.05) is 18.2 Å². The number of benzene rings is 2. The van der Waals surface area contributed by atoms with Crippen molar-refractivity contribution in [3.63, 3.8) is 0 Å². The van der Waals surface area contributed by atoms with E-state index in [9.17, 15) is 31.5 Å². The number of nitrogens with zero attached hydrogens (tertiary/aromatic N) is 2.